The summed E-state index contributed by atoms with van der Waals surface area (Å²) in [6, 6.07) is 5.26. The van der Waals surface area contributed by atoms with Gasteiger partial charge in [-0.3, -0.25) is 0 Å². The largest absolute Gasteiger partial charge is 0.478 e. The smallest absolute Gasteiger partial charge is 0.335 e. The molecule has 0 amide bonds. The zero-order valence-corrected chi connectivity index (χ0v) is 10.6. The van der Waals surface area contributed by atoms with Crippen LogP contribution in [-0.2, 0) is 5.41 Å². The van der Waals surface area contributed by atoms with Gasteiger partial charge in [-0.1, -0.05) is 26.8 Å². The van der Waals surface area contributed by atoms with E-state index in [0.717, 1.165) is 3.57 Å². The molecule has 0 saturated carbocycles. The van der Waals surface area contributed by atoms with Gasteiger partial charge >= 0.3 is 5.97 Å². The first kappa shape index (κ1) is 11.5. The van der Waals surface area contributed by atoms with E-state index in [0.29, 0.717) is 5.56 Å². The lowest BCUT2D eigenvalue weighted by Crippen LogP contribution is -2.13. The van der Waals surface area contributed by atoms with Crippen LogP contribution in [0.5, 0.6) is 0 Å². The molecule has 0 spiro atoms. The Morgan fingerprint density at radius 1 is 1.36 bits per heavy atom. The van der Waals surface area contributed by atoms with Crippen molar-refractivity contribution in [3.05, 3.63) is 32.9 Å². The van der Waals surface area contributed by atoms with Crippen molar-refractivity contribution < 1.29 is 9.90 Å². The second kappa shape index (κ2) is 3.88. The number of carbonyl (C=O) groups is 1. The molecule has 0 aromatic heterocycles. The van der Waals surface area contributed by atoms with E-state index < -0.39 is 5.97 Å². The van der Waals surface area contributed by atoms with Crippen molar-refractivity contribution in [1.29, 1.82) is 0 Å². The van der Waals surface area contributed by atoms with Crippen molar-refractivity contribution in [2.75, 3.05) is 0 Å². The molecule has 14 heavy (non-hydrogen) atoms. The maximum absolute atomic E-state index is 10.7. The Labute approximate surface area is 97.5 Å². The molecule has 1 rings (SSSR count). The zero-order chi connectivity index (χ0) is 10.9. The number of hydrogen-bond acceptors (Lipinski definition) is 1. The minimum absolute atomic E-state index is 0.0631. The number of halogens is 1. The number of hydrogen-bond donors (Lipinski definition) is 1. The van der Waals surface area contributed by atoms with Gasteiger partial charge in [-0.2, -0.15) is 0 Å². The summed E-state index contributed by atoms with van der Waals surface area (Å²) < 4.78 is 1.01. The fourth-order valence-corrected chi connectivity index (χ4v) is 2.58. The molecule has 1 N–H and O–H groups in total. The maximum Gasteiger partial charge on any atom is 0.335 e. The number of benzene rings is 1. The summed E-state index contributed by atoms with van der Waals surface area (Å²) in [5.41, 5.74) is 1.60. The molecular weight excluding hydrogens is 291 g/mol. The minimum atomic E-state index is -0.872. The zero-order valence-electron chi connectivity index (χ0n) is 8.47. The molecular formula is C11H13IO2. The Kier molecular flexibility index (Phi) is 3.19. The lowest BCUT2D eigenvalue weighted by atomic mass is 9.87. The van der Waals surface area contributed by atoms with Crippen LogP contribution in [0.25, 0.3) is 0 Å². The van der Waals surface area contributed by atoms with Gasteiger partial charge in [0.2, 0.25) is 0 Å². The van der Waals surface area contributed by atoms with Crippen LogP contribution in [0.15, 0.2) is 18.2 Å². The lowest BCUT2D eigenvalue weighted by Gasteiger charge is -2.20. The molecule has 1 aromatic rings. The first-order valence-corrected chi connectivity index (χ1v) is 5.43. The average Bonchev–Trinajstić information content (AvgIpc) is 2.01. The van der Waals surface area contributed by atoms with Gasteiger partial charge in [0.25, 0.3) is 0 Å². The monoisotopic (exact) mass is 304 g/mol. The Hall–Kier alpha value is -0.580. The van der Waals surface area contributed by atoms with Crippen LogP contribution >= 0.6 is 22.6 Å². The summed E-state index contributed by atoms with van der Waals surface area (Å²) in [6.45, 7) is 6.35. The van der Waals surface area contributed by atoms with Crippen LogP contribution in [-0.4, -0.2) is 11.1 Å². The molecule has 0 aliphatic carbocycles. The van der Waals surface area contributed by atoms with Gasteiger partial charge in [-0.25, -0.2) is 4.79 Å². The number of aromatic carboxylic acids is 1. The highest BCUT2D eigenvalue weighted by atomic mass is 127. The summed E-state index contributed by atoms with van der Waals surface area (Å²) in [4.78, 5) is 10.7. The van der Waals surface area contributed by atoms with Crippen LogP contribution in [0, 0.1) is 3.57 Å². The quantitative estimate of drug-likeness (QED) is 0.808. The summed E-state index contributed by atoms with van der Waals surface area (Å²) in [5.74, 6) is -0.872. The molecule has 0 bridgehead atoms. The molecule has 76 valence electrons. The third-order valence-corrected chi connectivity index (χ3v) is 2.92. The molecule has 1 aromatic carbocycles. The van der Waals surface area contributed by atoms with Gasteiger partial charge in [0.15, 0.2) is 0 Å². The van der Waals surface area contributed by atoms with Gasteiger partial charge in [0.05, 0.1) is 5.56 Å². The Bertz CT molecular complexity index is 364. The third-order valence-electron chi connectivity index (χ3n) is 2.02. The predicted molar refractivity (Wildman–Crippen MR) is 64.8 cm³/mol. The van der Waals surface area contributed by atoms with Crippen molar-refractivity contribution in [2.24, 2.45) is 0 Å². The van der Waals surface area contributed by atoms with E-state index in [1.807, 2.05) is 6.07 Å². The minimum Gasteiger partial charge on any atom is -0.478 e. The summed E-state index contributed by atoms with van der Waals surface area (Å²) in [5, 5.41) is 8.80. The summed E-state index contributed by atoms with van der Waals surface area (Å²) >= 11 is 2.18. The molecule has 0 atom stereocenters. The molecule has 0 fully saturated rings. The van der Waals surface area contributed by atoms with E-state index in [-0.39, 0.29) is 5.41 Å². The first-order valence-electron chi connectivity index (χ1n) is 4.35. The van der Waals surface area contributed by atoms with Gasteiger partial charge < -0.3 is 5.11 Å². The highest BCUT2D eigenvalue weighted by Gasteiger charge is 2.17. The van der Waals surface area contributed by atoms with Crippen molar-refractivity contribution in [1.82, 2.24) is 0 Å². The van der Waals surface area contributed by atoms with Crippen molar-refractivity contribution >= 4 is 28.6 Å². The van der Waals surface area contributed by atoms with Crippen molar-refractivity contribution in [3.8, 4) is 0 Å². The van der Waals surface area contributed by atoms with Crippen LogP contribution in [0.4, 0.5) is 0 Å². The van der Waals surface area contributed by atoms with Gasteiger partial charge in [-0.05, 0) is 45.7 Å². The number of carboxylic acid groups (broad SMARTS) is 1. The molecule has 0 radical (unpaired) electrons. The van der Waals surface area contributed by atoms with Crippen LogP contribution in [0.3, 0.4) is 0 Å². The highest BCUT2D eigenvalue weighted by Crippen LogP contribution is 2.27. The van der Waals surface area contributed by atoms with E-state index in [1.165, 1.54) is 5.56 Å². The molecule has 0 heterocycles. The number of rotatable bonds is 1. The maximum atomic E-state index is 10.7. The van der Waals surface area contributed by atoms with E-state index in [2.05, 4.69) is 43.4 Å². The molecule has 2 nitrogen and oxygen atoms in total. The van der Waals surface area contributed by atoms with Gasteiger partial charge in [-0.15, -0.1) is 0 Å². The van der Waals surface area contributed by atoms with E-state index in [9.17, 15) is 4.79 Å². The fraction of sp³-hybridized carbons (Fsp3) is 0.364. The van der Waals surface area contributed by atoms with E-state index in [4.69, 9.17) is 5.11 Å². The summed E-state index contributed by atoms with van der Waals surface area (Å²) in [6.07, 6.45) is 0. The third kappa shape index (κ3) is 2.47. The van der Waals surface area contributed by atoms with Crippen LogP contribution < -0.4 is 0 Å². The van der Waals surface area contributed by atoms with Crippen molar-refractivity contribution in [3.63, 3.8) is 0 Å². The normalized spacial score (nSPS) is 11.4. The SMILES string of the molecule is CC(C)(C)c1ccc(C(=O)O)cc1I. The highest BCUT2D eigenvalue weighted by molar-refractivity contribution is 14.1. The second-order valence-electron chi connectivity index (χ2n) is 4.25. The first-order chi connectivity index (χ1) is 6.32. The molecule has 0 aliphatic heterocycles. The van der Waals surface area contributed by atoms with Crippen LogP contribution in [0.1, 0.15) is 36.7 Å². The standard InChI is InChI=1S/C11H13IO2/c1-11(2,3)8-5-4-7(10(13)14)6-9(8)12/h4-6H,1-3H3,(H,13,14). The summed E-state index contributed by atoms with van der Waals surface area (Å²) in [7, 11) is 0. The van der Waals surface area contributed by atoms with E-state index in [1.54, 1.807) is 12.1 Å². The Morgan fingerprint density at radius 2 is 1.93 bits per heavy atom. The molecule has 0 unspecified atom stereocenters. The Balaban J connectivity index is 3.21. The molecule has 0 saturated heterocycles. The van der Waals surface area contributed by atoms with Gasteiger partial charge in [0.1, 0.15) is 0 Å². The van der Waals surface area contributed by atoms with Crippen LogP contribution in [0.2, 0.25) is 0 Å². The molecule has 3 heteroatoms. The Morgan fingerprint density at radius 3 is 2.29 bits per heavy atom. The predicted octanol–water partition coefficient (Wildman–Crippen LogP) is 3.29. The lowest BCUT2D eigenvalue weighted by molar-refractivity contribution is 0.0696. The van der Waals surface area contributed by atoms with E-state index >= 15 is 0 Å². The fourth-order valence-electron chi connectivity index (χ4n) is 1.26. The number of carboxylic acids is 1. The second-order valence-corrected chi connectivity index (χ2v) is 5.41. The van der Waals surface area contributed by atoms with Crippen molar-refractivity contribution in [2.45, 2.75) is 26.2 Å². The average molecular weight is 304 g/mol. The topological polar surface area (TPSA) is 37.3 Å². The van der Waals surface area contributed by atoms with Gasteiger partial charge in [0, 0.05) is 3.57 Å². The molecule has 0 aliphatic rings.